The normalized spacial score (nSPS) is 30.4. The van der Waals surface area contributed by atoms with E-state index in [1.165, 1.54) is 12.8 Å². The van der Waals surface area contributed by atoms with Gasteiger partial charge in [-0.3, -0.25) is 0 Å². The minimum atomic E-state index is -1.39. The highest BCUT2D eigenvalue weighted by Crippen LogP contribution is 2.41. The fourth-order valence-corrected chi connectivity index (χ4v) is 7.70. The number of carbonyl (C=O) groups is 2. The largest absolute Gasteiger partial charge is 0.467 e. The minimum Gasteiger partial charge on any atom is -0.467 e. The molecular formula is C45H80O15. The Labute approximate surface area is 359 Å². The fraction of sp³-hybridized carbons (Fsp3) is 0.867. The summed E-state index contributed by atoms with van der Waals surface area (Å²) < 4.78 is 50.4. The molecule has 0 bridgehead atoms. The Kier molecular flexibility index (Phi) is 22.0. The highest BCUT2D eigenvalue weighted by molar-refractivity contribution is 5.58. The minimum absolute atomic E-state index is 0.0779. The van der Waals surface area contributed by atoms with E-state index >= 15 is 0 Å². The zero-order valence-corrected chi connectivity index (χ0v) is 38.8. The second-order valence-corrected chi connectivity index (χ2v) is 19.0. The third-order valence-corrected chi connectivity index (χ3v) is 11.8. The maximum Gasteiger partial charge on any atom is 0.151 e. The number of carbonyl (C=O) groups excluding carboxylic acids is 2. The predicted molar refractivity (Wildman–Crippen MR) is 224 cm³/mol. The van der Waals surface area contributed by atoms with E-state index < -0.39 is 83.1 Å². The van der Waals surface area contributed by atoms with Gasteiger partial charge < -0.3 is 72.3 Å². The average Bonchev–Trinajstić information content (AvgIpc) is 3.87. The van der Waals surface area contributed by atoms with Crippen molar-refractivity contribution in [3.05, 3.63) is 24.2 Å². The van der Waals surface area contributed by atoms with Crippen molar-refractivity contribution in [1.29, 1.82) is 0 Å². The van der Waals surface area contributed by atoms with E-state index in [1.54, 1.807) is 48.2 Å². The summed E-state index contributed by atoms with van der Waals surface area (Å²) in [5, 5.41) is 44.2. The number of aldehydes is 2. The molecule has 2 aliphatic heterocycles. The number of hydrogen-bond acceptors (Lipinski definition) is 15. The summed E-state index contributed by atoms with van der Waals surface area (Å²) in [5.74, 6) is -0.189. The van der Waals surface area contributed by atoms with Crippen LogP contribution in [0.4, 0.5) is 0 Å². The molecule has 3 aliphatic rings. The third kappa shape index (κ3) is 16.0. The molecule has 11 atom stereocenters. The van der Waals surface area contributed by atoms with Crippen molar-refractivity contribution in [2.45, 2.75) is 199 Å². The molecule has 1 aliphatic carbocycles. The second-order valence-electron chi connectivity index (χ2n) is 19.0. The molecule has 15 nitrogen and oxygen atoms in total. The van der Waals surface area contributed by atoms with E-state index in [4.69, 9.17) is 42.3 Å². The second kappa shape index (κ2) is 24.3. The monoisotopic (exact) mass is 861 g/mol. The molecule has 3 heterocycles. The van der Waals surface area contributed by atoms with Crippen LogP contribution < -0.4 is 0 Å². The van der Waals surface area contributed by atoms with Crippen molar-refractivity contribution < 1.29 is 72.3 Å². The summed E-state index contributed by atoms with van der Waals surface area (Å²) in [6.45, 7) is 24.5. The standard InChI is InChI=1S/C33H60O11.C6H12O2.C6H8O2/c1-18(2)31(7,8)44-28-22(17-35)41-29(26(39)25(28)38)33(11,12)40-14-13-30(5,6)43-27-20(16-34)15-21(23(36)24(27)37)32(9,10)42-19(3)4;2*1-7-5-6-3-2-4-8-6/h16-29,36-39H,13-15H2,1-12H3;6H,2-5H2,1H3;2-4H,5H2,1H3/t20?,21?,22?,23?,24?,25?,26?,27-,28-,29?;;/m1../s1. The lowest BCUT2D eigenvalue weighted by Gasteiger charge is -2.49. The van der Waals surface area contributed by atoms with Crippen LogP contribution in [0.2, 0.25) is 0 Å². The zero-order chi connectivity index (χ0) is 45.6. The summed E-state index contributed by atoms with van der Waals surface area (Å²) >= 11 is 0. The first-order valence-corrected chi connectivity index (χ1v) is 21.5. The van der Waals surface area contributed by atoms with Gasteiger partial charge in [-0.25, -0.2) is 0 Å². The summed E-state index contributed by atoms with van der Waals surface area (Å²) in [6, 6.07) is 3.72. The van der Waals surface area contributed by atoms with E-state index in [9.17, 15) is 30.0 Å². The van der Waals surface area contributed by atoms with Crippen LogP contribution in [-0.4, -0.2) is 150 Å². The Morgan fingerprint density at radius 2 is 1.48 bits per heavy atom. The van der Waals surface area contributed by atoms with Gasteiger partial charge in [0.05, 0.1) is 66.3 Å². The zero-order valence-electron chi connectivity index (χ0n) is 38.8. The molecule has 0 spiro atoms. The molecular weight excluding hydrogens is 780 g/mol. The Morgan fingerprint density at radius 1 is 0.833 bits per heavy atom. The number of aliphatic hydroxyl groups is 4. The highest BCUT2D eigenvalue weighted by Gasteiger charge is 2.53. The van der Waals surface area contributed by atoms with Gasteiger partial charge in [-0.05, 0) is 113 Å². The molecule has 0 aromatic carbocycles. The number of furan rings is 1. The Balaban J connectivity index is 0.000000634. The van der Waals surface area contributed by atoms with Crippen LogP contribution in [-0.2, 0) is 54.1 Å². The lowest BCUT2D eigenvalue weighted by molar-refractivity contribution is -0.284. The van der Waals surface area contributed by atoms with Crippen molar-refractivity contribution in [3.63, 3.8) is 0 Å². The number of ether oxygens (including phenoxy) is 8. The van der Waals surface area contributed by atoms with Crippen LogP contribution in [0.1, 0.15) is 115 Å². The van der Waals surface area contributed by atoms with E-state index in [-0.39, 0.29) is 18.6 Å². The molecule has 350 valence electrons. The topological polar surface area (TPSA) is 202 Å². The van der Waals surface area contributed by atoms with Gasteiger partial charge in [0, 0.05) is 32.7 Å². The van der Waals surface area contributed by atoms with Crippen LogP contribution in [0.3, 0.4) is 0 Å². The molecule has 4 N–H and O–H groups in total. The molecule has 3 fully saturated rings. The first kappa shape index (κ1) is 54.3. The Hall–Kier alpha value is -1.86. The van der Waals surface area contributed by atoms with Gasteiger partial charge in [-0.2, -0.15) is 0 Å². The maximum atomic E-state index is 12.1. The van der Waals surface area contributed by atoms with Gasteiger partial charge in [0.2, 0.25) is 0 Å². The van der Waals surface area contributed by atoms with E-state index in [0.717, 1.165) is 25.3 Å². The summed E-state index contributed by atoms with van der Waals surface area (Å²) in [5.41, 5.74) is -3.45. The van der Waals surface area contributed by atoms with E-state index in [0.29, 0.717) is 31.8 Å². The molecule has 9 unspecified atom stereocenters. The first-order valence-electron chi connectivity index (χ1n) is 21.5. The molecule has 1 aromatic rings. The Morgan fingerprint density at radius 3 is 1.98 bits per heavy atom. The summed E-state index contributed by atoms with van der Waals surface area (Å²) in [6.07, 6.45) is -3.11. The molecule has 0 amide bonds. The van der Waals surface area contributed by atoms with Crippen LogP contribution in [0.5, 0.6) is 0 Å². The lowest BCUT2D eigenvalue weighted by Crippen LogP contribution is -2.65. The van der Waals surface area contributed by atoms with Crippen molar-refractivity contribution >= 4 is 12.6 Å². The molecule has 1 aromatic heterocycles. The van der Waals surface area contributed by atoms with Crippen molar-refractivity contribution in [2.24, 2.45) is 17.8 Å². The van der Waals surface area contributed by atoms with Gasteiger partial charge in [0.1, 0.15) is 55.3 Å². The number of rotatable bonds is 19. The Bertz CT molecular complexity index is 1340. The lowest BCUT2D eigenvalue weighted by atomic mass is 9.69. The maximum absolute atomic E-state index is 12.1. The van der Waals surface area contributed by atoms with Gasteiger partial charge in [-0.15, -0.1) is 0 Å². The molecule has 60 heavy (non-hydrogen) atoms. The number of hydrogen-bond donors (Lipinski definition) is 4. The van der Waals surface area contributed by atoms with Crippen molar-refractivity contribution in [2.75, 3.05) is 34.0 Å². The van der Waals surface area contributed by atoms with E-state index in [1.807, 2.05) is 67.5 Å². The van der Waals surface area contributed by atoms with Crippen molar-refractivity contribution in [3.8, 4) is 0 Å². The third-order valence-electron chi connectivity index (χ3n) is 11.8. The average molecular weight is 861 g/mol. The predicted octanol–water partition coefficient (Wildman–Crippen LogP) is 4.84. The molecule has 4 rings (SSSR count). The van der Waals surface area contributed by atoms with Gasteiger partial charge >= 0.3 is 0 Å². The molecule has 0 radical (unpaired) electrons. The van der Waals surface area contributed by atoms with Crippen LogP contribution in [0.25, 0.3) is 0 Å². The van der Waals surface area contributed by atoms with Crippen LogP contribution in [0.15, 0.2) is 22.8 Å². The first-order chi connectivity index (χ1) is 27.9. The summed E-state index contributed by atoms with van der Waals surface area (Å²) in [4.78, 5) is 24.1. The van der Waals surface area contributed by atoms with Crippen LogP contribution in [0, 0.1) is 17.8 Å². The molecule has 1 saturated carbocycles. The van der Waals surface area contributed by atoms with Gasteiger partial charge in [-0.1, -0.05) is 13.8 Å². The van der Waals surface area contributed by atoms with E-state index in [2.05, 4.69) is 0 Å². The number of methoxy groups -OCH3 is 2. The van der Waals surface area contributed by atoms with Crippen LogP contribution >= 0.6 is 0 Å². The molecule has 2 saturated heterocycles. The SMILES string of the molecule is CC(C)OC(C)(C)C1CC(C=O)[C@@H](OC(C)(C)CCOC(C)(C)C2OC(C=O)[C@@H](OC(C)(C)C(C)C)C(O)C2O)C(O)C1O.COCC1CCCO1.COCc1ccco1. The van der Waals surface area contributed by atoms with Crippen molar-refractivity contribution in [1.82, 2.24) is 0 Å². The number of aliphatic hydroxyl groups excluding tert-OH is 4. The van der Waals surface area contributed by atoms with Gasteiger partial charge in [0.25, 0.3) is 0 Å². The highest BCUT2D eigenvalue weighted by atomic mass is 16.6. The fourth-order valence-electron chi connectivity index (χ4n) is 7.70. The van der Waals surface area contributed by atoms with Gasteiger partial charge in [0.15, 0.2) is 6.29 Å². The summed E-state index contributed by atoms with van der Waals surface area (Å²) in [7, 11) is 3.35. The molecule has 15 heteroatoms. The quantitative estimate of drug-likeness (QED) is 0.138. The smallest absolute Gasteiger partial charge is 0.151 e.